The van der Waals surface area contributed by atoms with Crippen molar-refractivity contribution in [3.8, 4) is 50.4 Å². The third-order valence-corrected chi connectivity index (χ3v) is 16.7. The van der Waals surface area contributed by atoms with Crippen molar-refractivity contribution in [2.24, 2.45) is 0 Å². The van der Waals surface area contributed by atoms with Gasteiger partial charge in [0.15, 0.2) is 0 Å². The summed E-state index contributed by atoms with van der Waals surface area (Å²) in [7, 11) is 1.53. The topological polar surface area (TPSA) is 444 Å². The van der Waals surface area contributed by atoms with E-state index < -0.39 is 92.6 Å². The number of aliphatic carboxylic acids is 8. The van der Waals surface area contributed by atoms with Gasteiger partial charge in [0.2, 0.25) is 5.88 Å². The molecule has 9 N–H and O–H groups in total. The van der Waals surface area contributed by atoms with Crippen LogP contribution in [0.25, 0.3) is 44.5 Å². The van der Waals surface area contributed by atoms with Crippen LogP contribution in [0.4, 0.5) is 0 Å². The van der Waals surface area contributed by atoms with E-state index in [0.717, 1.165) is 17.5 Å². The molecule has 0 amide bonds. The molecule has 0 aliphatic heterocycles. The van der Waals surface area contributed by atoms with Crippen LogP contribution in [-0.4, -0.2) is 171 Å². The lowest BCUT2D eigenvalue weighted by Gasteiger charge is -2.33. The molecule has 4 aromatic heterocycles. The predicted molar refractivity (Wildman–Crippen MR) is 418 cm³/mol. The van der Waals surface area contributed by atoms with Gasteiger partial charge in [-0.25, -0.2) is 43.3 Å². The maximum Gasteiger partial charge on any atom is 0.348 e. The number of carboxylic acid groups (broad SMARTS) is 8. The number of hydrogen-bond acceptors (Lipinski definition) is 18. The number of methoxy groups -OCH3 is 1. The highest BCUT2D eigenvalue weighted by Crippen LogP contribution is 2.34. The van der Waals surface area contributed by atoms with Crippen LogP contribution in [0.1, 0.15) is 126 Å². The van der Waals surface area contributed by atoms with Gasteiger partial charge in [-0.15, -0.1) is 0 Å². The van der Waals surface area contributed by atoms with Gasteiger partial charge >= 0.3 is 47.8 Å². The van der Waals surface area contributed by atoms with Gasteiger partial charge in [0, 0.05) is 92.4 Å². The zero-order valence-electron chi connectivity index (χ0n) is 65.9. The standard InChI is InChI=1S/C22H27NO6.C21H25NO7.C21H25NO6.C20H23NO6/c1-5-12-23-13-6-7-17(18(23)24)16-10-8-15(9-11-16)14-22(19(25)26,20(27)28)29-21(2,3)4;1-20(2,3)29-21(18(25)26,19(27)28)13-14-6-8-15(9-7-14)16-5-4-10-22(11-12-23)17(16)24;1-5-22-12-6-7-16(17(22)23)15-10-8-14(9-11-15)13-21(18(24)25,19(26)27)28-20(2,3)4;1-19(2,3)27-20(17(22)23,18(24)25)12-13-7-9-14(10-8-13)15-6-5-11-21-16(15)26-4/h6-11,13H,5,12,14H2,1-4H3,(H,25,26)(H,27,28);4-10,23H,11-13H2,1-3H3,(H,25,26)(H,27,28);6-12H,5,13H2,1-4H3,(H,24,25)(H,26,27);5-11H,12H2,1-4H3,(H,22,23)(H,24,25). The van der Waals surface area contributed by atoms with Crippen LogP contribution >= 0.6 is 0 Å². The second-order valence-corrected chi connectivity index (χ2v) is 30.2. The maximum absolute atomic E-state index is 12.6. The Hall–Kier alpha value is -11.8. The molecule has 0 aliphatic rings. The second kappa shape index (κ2) is 38.4. The van der Waals surface area contributed by atoms with Gasteiger partial charge in [0.25, 0.3) is 39.1 Å². The van der Waals surface area contributed by atoms with Gasteiger partial charge in [-0.1, -0.05) is 104 Å². The highest BCUT2D eigenvalue weighted by atomic mass is 16.6. The summed E-state index contributed by atoms with van der Waals surface area (Å²) in [5, 5.41) is 85.9. The number of carboxylic acids is 8. The number of rotatable bonds is 30. The average Bonchev–Trinajstić information content (AvgIpc) is 0.804. The van der Waals surface area contributed by atoms with E-state index in [1.807, 2.05) is 19.9 Å². The molecule has 0 spiro atoms. The number of aliphatic hydroxyl groups excluding tert-OH is 1. The first-order valence-electron chi connectivity index (χ1n) is 35.8. The Morgan fingerprint density at radius 3 is 0.814 bits per heavy atom. The zero-order valence-corrected chi connectivity index (χ0v) is 65.9. The number of hydrogen-bond donors (Lipinski definition) is 9. The third kappa shape index (κ3) is 24.4. The van der Waals surface area contributed by atoms with Crippen molar-refractivity contribution in [3.05, 3.63) is 224 Å². The molecule has 4 aromatic carbocycles. The van der Waals surface area contributed by atoms with Gasteiger partial charge in [0.1, 0.15) is 0 Å². The van der Waals surface area contributed by atoms with Gasteiger partial charge in [-0.2, -0.15) is 0 Å². The summed E-state index contributed by atoms with van der Waals surface area (Å²) < 4.78 is 31.7. The van der Waals surface area contributed by atoms with E-state index in [2.05, 4.69) is 4.98 Å². The Morgan fingerprint density at radius 1 is 0.345 bits per heavy atom. The van der Waals surface area contributed by atoms with Crippen LogP contribution < -0.4 is 21.4 Å². The summed E-state index contributed by atoms with van der Waals surface area (Å²) in [6.45, 7) is 24.3. The summed E-state index contributed by atoms with van der Waals surface area (Å²) in [6.07, 6.45) is 6.11. The second-order valence-electron chi connectivity index (χ2n) is 30.2. The Morgan fingerprint density at radius 2 is 0.584 bits per heavy atom. The molecule has 4 heterocycles. The quantitative estimate of drug-likeness (QED) is 0.0189. The smallest absolute Gasteiger partial charge is 0.348 e. The van der Waals surface area contributed by atoms with Crippen LogP contribution in [0.5, 0.6) is 5.88 Å². The third-order valence-electron chi connectivity index (χ3n) is 16.7. The molecule has 8 aromatic rings. The summed E-state index contributed by atoms with van der Waals surface area (Å²) in [5.74, 6) is -12.0. The van der Waals surface area contributed by atoms with Crippen molar-refractivity contribution < 1.29 is 108 Å². The van der Waals surface area contributed by atoms with Crippen molar-refractivity contribution in [2.75, 3.05) is 13.7 Å². The molecule has 606 valence electrons. The van der Waals surface area contributed by atoms with Crippen molar-refractivity contribution in [1.82, 2.24) is 18.7 Å². The molecular weight excluding hydrogens is 1460 g/mol. The average molecular weight is 1570 g/mol. The first kappa shape index (κ1) is 91.8. The predicted octanol–water partition coefficient (Wildman–Crippen LogP) is 10.8. The number of ether oxygens (including phenoxy) is 5. The molecule has 0 atom stereocenters. The normalized spacial score (nSPS) is 12.0. The van der Waals surface area contributed by atoms with Crippen molar-refractivity contribution in [1.29, 1.82) is 0 Å². The lowest BCUT2D eigenvalue weighted by atomic mass is 9.92. The molecule has 0 saturated carbocycles. The molecule has 0 saturated heterocycles. The minimum atomic E-state index is -2.43. The Bertz CT molecular complexity index is 4630. The number of benzene rings is 4. The van der Waals surface area contributed by atoms with Gasteiger partial charge in [-0.3, -0.25) is 14.4 Å². The van der Waals surface area contributed by atoms with Crippen molar-refractivity contribution in [2.45, 2.75) is 193 Å². The summed E-state index contributed by atoms with van der Waals surface area (Å²) in [5.41, 5.74) is -7.05. The van der Waals surface area contributed by atoms with E-state index in [9.17, 15) is 93.6 Å². The highest BCUT2D eigenvalue weighted by Gasteiger charge is 2.54. The first-order valence-corrected chi connectivity index (χ1v) is 35.8. The summed E-state index contributed by atoms with van der Waals surface area (Å²) in [4.78, 5) is 136. The van der Waals surface area contributed by atoms with E-state index in [1.54, 1.807) is 257 Å². The molecule has 0 fully saturated rings. The van der Waals surface area contributed by atoms with Crippen molar-refractivity contribution >= 4 is 47.8 Å². The van der Waals surface area contributed by atoms with Crippen molar-refractivity contribution in [3.63, 3.8) is 0 Å². The fourth-order valence-corrected chi connectivity index (χ4v) is 11.9. The molecule has 0 radical (unpaired) electrons. The molecular formula is C84H100N4O25. The van der Waals surface area contributed by atoms with E-state index >= 15 is 0 Å². The summed E-state index contributed by atoms with van der Waals surface area (Å²) >= 11 is 0. The van der Waals surface area contributed by atoms with Crippen LogP contribution in [0, 0.1) is 0 Å². The number of pyridine rings is 4. The highest BCUT2D eigenvalue weighted by molar-refractivity contribution is 6.04. The van der Waals surface area contributed by atoms with E-state index in [-0.39, 0.29) is 55.5 Å². The lowest BCUT2D eigenvalue weighted by molar-refractivity contribution is -0.200. The van der Waals surface area contributed by atoms with Gasteiger partial charge in [-0.05, 0) is 189 Å². The van der Waals surface area contributed by atoms with Crippen LogP contribution in [0.15, 0.2) is 185 Å². The van der Waals surface area contributed by atoms with Gasteiger partial charge < -0.3 is 83.3 Å². The molecule has 113 heavy (non-hydrogen) atoms. The Balaban J connectivity index is 0.000000269. The van der Waals surface area contributed by atoms with Crippen LogP contribution in [-0.2, 0) is 103 Å². The van der Waals surface area contributed by atoms with Crippen LogP contribution in [0.2, 0.25) is 0 Å². The monoisotopic (exact) mass is 1560 g/mol. The molecule has 8 rings (SSSR count). The van der Waals surface area contributed by atoms with E-state index in [1.165, 1.54) is 11.7 Å². The Kier molecular flexibility index (Phi) is 31.3. The summed E-state index contributed by atoms with van der Waals surface area (Å²) in [6, 6.07) is 40.5. The SMILES string of the molecule is CC(C)(C)OC(Cc1ccc(-c2cccn(CCO)c2=O)cc1)(C(=O)O)C(=O)O.CCCn1cccc(-c2ccc(CC(OC(C)(C)C)(C(=O)O)C(=O)O)cc2)c1=O.CCn1cccc(-c2ccc(CC(OC(C)(C)C)(C(=O)O)C(=O)O)cc2)c1=O.COc1ncccc1-c1ccc(CC(OC(C)(C)C)(C(=O)O)C(=O)O)cc1. The molecule has 0 unspecified atom stereocenters. The van der Waals surface area contributed by atoms with Crippen LogP contribution in [0.3, 0.4) is 0 Å². The molecule has 0 bridgehead atoms. The lowest BCUT2D eigenvalue weighted by Crippen LogP contribution is -2.54. The number of nitrogens with zero attached hydrogens (tertiary/aromatic N) is 4. The van der Waals surface area contributed by atoms with E-state index in [0.29, 0.717) is 74.6 Å². The number of aromatic nitrogens is 4. The first-order chi connectivity index (χ1) is 52.6. The number of carbonyl (C=O) groups is 8. The largest absolute Gasteiger partial charge is 0.481 e. The fraction of sp³-hybridized carbons (Fsp3) is 0.381. The molecule has 29 nitrogen and oxygen atoms in total. The fourth-order valence-electron chi connectivity index (χ4n) is 11.9. The number of aliphatic hydroxyl groups is 1. The Labute approximate surface area is 652 Å². The zero-order chi connectivity index (χ0) is 85.0. The molecule has 29 heteroatoms. The van der Waals surface area contributed by atoms with Gasteiger partial charge in [0.05, 0.1) is 36.1 Å². The number of aryl methyl sites for hydroxylation is 2. The molecule has 0 aliphatic carbocycles. The minimum absolute atomic E-state index is 0.108. The maximum atomic E-state index is 12.6. The minimum Gasteiger partial charge on any atom is -0.481 e. The van der Waals surface area contributed by atoms with E-state index in [4.69, 9.17) is 28.8 Å².